The number of fused-ring (bicyclic) bond motifs is 1. The van der Waals surface area contributed by atoms with Gasteiger partial charge in [-0.25, -0.2) is 4.79 Å². The normalized spacial score (nSPS) is 23.4. The molecule has 2 aromatic rings. The molecule has 2 aromatic carbocycles. The predicted octanol–water partition coefficient (Wildman–Crippen LogP) is 2.50. The van der Waals surface area contributed by atoms with Crippen LogP contribution in [0.15, 0.2) is 42.5 Å². The molecule has 2 unspecified atom stereocenters. The van der Waals surface area contributed by atoms with E-state index in [0.29, 0.717) is 18.5 Å². The summed E-state index contributed by atoms with van der Waals surface area (Å²) in [6.07, 6.45) is 2.54. The Morgan fingerprint density at radius 3 is 2.56 bits per heavy atom. The van der Waals surface area contributed by atoms with Crippen molar-refractivity contribution in [2.75, 3.05) is 0 Å². The Hall–Kier alpha value is -3.72. The monoisotopic (exact) mass is 491 g/mol. The molecule has 2 fully saturated rings. The minimum absolute atomic E-state index is 0.128. The number of aliphatic hydroxyl groups excluding tert-OH is 1. The fourth-order valence-electron chi connectivity index (χ4n) is 5.28. The SMILES string of the molecule is O=C1CCC(N2Cc3ccc(CNC(=O)OCc4ccc(C5CCC[C@@H]5O)cc4)cc3C2=O)C(=O)N1. The molecule has 3 N–H and O–H groups in total. The number of carbonyl (C=O) groups excluding carboxylic acids is 4. The van der Waals surface area contributed by atoms with Crippen molar-refractivity contribution < 1.29 is 29.0 Å². The first-order valence-electron chi connectivity index (χ1n) is 12.3. The van der Waals surface area contributed by atoms with E-state index in [-0.39, 0.29) is 43.4 Å². The van der Waals surface area contributed by atoms with Crippen molar-refractivity contribution in [1.82, 2.24) is 15.5 Å². The van der Waals surface area contributed by atoms with E-state index in [2.05, 4.69) is 10.6 Å². The van der Waals surface area contributed by atoms with Crippen molar-refractivity contribution in [3.8, 4) is 0 Å². The zero-order valence-corrected chi connectivity index (χ0v) is 19.9. The summed E-state index contributed by atoms with van der Waals surface area (Å²) in [6.45, 7) is 0.633. The van der Waals surface area contributed by atoms with Crippen LogP contribution in [0.5, 0.6) is 0 Å². The second kappa shape index (κ2) is 10.1. The molecule has 1 saturated heterocycles. The summed E-state index contributed by atoms with van der Waals surface area (Å²) in [5.41, 5.74) is 4.02. The highest BCUT2D eigenvalue weighted by Crippen LogP contribution is 2.34. The van der Waals surface area contributed by atoms with Gasteiger partial charge in [-0.15, -0.1) is 0 Å². The molecule has 0 bridgehead atoms. The Labute approximate surface area is 208 Å². The number of benzene rings is 2. The highest BCUT2D eigenvalue weighted by atomic mass is 16.5. The molecule has 4 amide bonds. The third-order valence-electron chi connectivity index (χ3n) is 7.29. The van der Waals surface area contributed by atoms with E-state index in [4.69, 9.17) is 4.74 Å². The van der Waals surface area contributed by atoms with Gasteiger partial charge in [0.25, 0.3) is 5.91 Å². The molecule has 2 aliphatic heterocycles. The lowest BCUT2D eigenvalue weighted by molar-refractivity contribution is -0.136. The minimum Gasteiger partial charge on any atom is -0.445 e. The summed E-state index contributed by atoms with van der Waals surface area (Å²) in [4.78, 5) is 50.3. The fraction of sp³-hybridized carbons (Fsp3) is 0.407. The smallest absolute Gasteiger partial charge is 0.407 e. The van der Waals surface area contributed by atoms with Crippen LogP contribution in [-0.4, -0.2) is 46.0 Å². The molecular formula is C27H29N3O6. The topological polar surface area (TPSA) is 125 Å². The van der Waals surface area contributed by atoms with Gasteiger partial charge in [0.15, 0.2) is 0 Å². The number of hydrogen-bond acceptors (Lipinski definition) is 6. The van der Waals surface area contributed by atoms with Crippen molar-refractivity contribution in [2.45, 2.75) is 69.9 Å². The number of rotatable bonds is 6. The van der Waals surface area contributed by atoms with E-state index in [0.717, 1.165) is 41.5 Å². The van der Waals surface area contributed by atoms with Gasteiger partial charge in [0, 0.05) is 31.0 Å². The molecular weight excluding hydrogens is 462 g/mol. The van der Waals surface area contributed by atoms with E-state index in [1.807, 2.05) is 36.4 Å². The molecule has 188 valence electrons. The van der Waals surface area contributed by atoms with Crippen LogP contribution in [0.3, 0.4) is 0 Å². The first-order chi connectivity index (χ1) is 17.4. The van der Waals surface area contributed by atoms with Crippen LogP contribution in [0.4, 0.5) is 4.79 Å². The molecule has 1 aliphatic carbocycles. The summed E-state index contributed by atoms with van der Waals surface area (Å²) in [5.74, 6) is -0.833. The Kier molecular flexibility index (Phi) is 6.73. The molecule has 1 saturated carbocycles. The summed E-state index contributed by atoms with van der Waals surface area (Å²) in [7, 11) is 0. The highest BCUT2D eigenvalue weighted by molar-refractivity contribution is 6.05. The van der Waals surface area contributed by atoms with Crippen molar-refractivity contribution in [3.05, 3.63) is 70.3 Å². The average molecular weight is 492 g/mol. The zero-order valence-electron chi connectivity index (χ0n) is 19.9. The summed E-state index contributed by atoms with van der Waals surface area (Å²) in [5, 5.41) is 15.1. The molecule has 2 heterocycles. The fourth-order valence-corrected chi connectivity index (χ4v) is 5.28. The van der Waals surface area contributed by atoms with Gasteiger partial charge < -0.3 is 20.1 Å². The maximum absolute atomic E-state index is 12.9. The lowest BCUT2D eigenvalue weighted by atomic mass is 9.95. The maximum atomic E-state index is 12.9. The molecule has 9 heteroatoms. The second-order valence-electron chi connectivity index (χ2n) is 9.67. The molecule has 3 aliphatic rings. The average Bonchev–Trinajstić information content (AvgIpc) is 3.44. The second-order valence-corrected chi connectivity index (χ2v) is 9.67. The molecule has 9 nitrogen and oxygen atoms in total. The van der Waals surface area contributed by atoms with Crippen LogP contribution in [0.2, 0.25) is 0 Å². The van der Waals surface area contributed by atoms with Gasteiger partial charge in [-0.2, -0.15) is 0 Å². The number of carbonyl (C=O) groups is 4. The third kappa shape index (κ3) is 4.97. The van der Waals surface area contributed by atoms with Crippen LogP contribution >= 0.6 is 0 Å². The first kappa shape index (κ1) is 24.0. The molecule has 3 atom stereocenters. The third-order valence-corrected chi connectivity index (χ3v) is 7.29. The van der Waals surface area contributed by atoms with Gasteiger partial charge in [-0.1, -0.05) is 42.8 Å². The number of aliphatic hydroxyl groups is 1. The Morgan fingerprint density at radius 2 is 1.83 bits per heavy atom. The molecule has 0 aromatic heterocycles. The summed E-state index contributed by atoms with van der Waals surface area (Å²) >= 11 is 0. The van der Waals surface area contributed by atoms with Crippen molar-refractivity contribution in [1.29, 1.82) is 0 Å². The van der Waals surface area contributed by atoms with Crippen LogP contribution in [0.25, 0.3) is 0 Å². The number of nitrogens with one attached hydrogen (secondary N) is 2. The van der Waals surface area contributed by atoms with E-state index >= 15 is 0 Å². The zero-order chi connectivity index (χ0) is 25.2. The predicted molar refractivity (Wildman–Crippen MR) is 129 cm³/mol. The van der Waals surface area contributed by atoms with Crippen LogP contribution in [0, 0.1) is 0 Å². The highest BCUT2D eigenvalue weighted by Gasteiger charge is 2.39. The van der Waals surface area contributed by atoms with E-state index in [9.17, 15) is 24.3 Å². The Balaban J connectivity index is 1.12. The first-order valence-corrected chi connectivity index (χ1v) is 12.3. The van der Waals surface area contributed by atoms with Crippen LogP contribution < -0.4 is 10.6 Å². The Bertz CT molecular complexity index is 1190. The number of amides is 4. The lowest BCUT2D eigenvalue weighted by Crippen LogP contribution is -2.52. The van der Waals surface area contributed by atoms with Gasteiger partial charge in [-0.05, 0) is 47.6 Å². The standard InChI is InChI=1S/C27H29N3O6/c31-23-3-1-2-20(23)18-7-4-16(5-8-18)15-36-27(35)28-13-17-6-9-19-14-30(26(34)21(19)12-17)22-10-11-24(32)29-25(22)33/h4-9,12,20,22-23,31H,1-3,10-11,13-15H2,(H,28,35)(H,29,32,33)/t20?,22?,23-/m0/s1. The van der Waals surface area contributed by atoms with Gasteiger partial charge in [-0.3, -0.25) is 19.7 Å². The van der Waals surface area contributed by atoms with Crippen molar-refractivity contribution >= 4 is 23.8 Å². The number of alkyl carbamates (subject to hydrolysis) is 1. The maximum Gasteiger partial charge on any atom is 0.407 e. The Morgan fingerprint density at radius 1 is 1.06 bits per heavy atom. The number of piperidine rings is 1. The van der Waals surface area contributed by atoms with Gasteiger partial charge >= 0.3 is 6.09 Å². The minimum atomic E-state index is -0.656. The summed E-state index contributed by atoms with van der Waals surface area (Å²) in [6, 6.07) is 12.5. The van der Waals surface area contributed by atoms with Gasteiger partial charge in [0.05, 0.1) is 6.10 Å². The quantitative estimate of drug-likeness (QED) is 0.534. The molecule has 0 spiro atoms. The van der Waals surface area contributed by atoms with Gasteiger partial charge in [0.1, 0.15) is 12.6 Å². The molecule has 36 heavy (non-hydrogen) atoms. The number of imide groups is 1. The summed E-state index contributed by atoms with van der Waals surface area (Å²) < 4.78 is 5.32. The lowest BCUT2D eigenvalue weighted by Gasteiger charge is -2.29. The number of ether oxygens (including phenoxy) is 1. The van der Waals surface area contributed by atoms with Gasteiger partial charge in [0.2, 0.25) is 11.8 Å². The van der Waals surface area contributed by atoms with Crippen LogP contribution in [-0.2, 0) is 34.0 Å². The van der Waals surface area contributed by atoms with Crippen LogP contribution in [0.1, 0.15) is 70.6 Å². The van der Waals surface area contributed by atoms with E-state index < -0.39 is 18.0 Å². The largest absolute Gasteiger partial charge is 0.445 e. The molecule has 5 rings (SSSR count). The van der Waals surface area contributed by atoms with E-state index in [1.54, 1.807) is 6.07 Å². The van der Waals surface area contributed by atoms with Crippen molar-refractivity contribution in [3.63, 3.8) is 0 Å². The number of hydrogen-bond donors (Lipinski definition) is 3. The molecule has 0 radical (unpaired) electrons. The van der Waals surface area contributed by atoms with Crippen molar-refractivity contribution in [2.24, 2.45) is 0 Å². The number of nitrogens with zero attached hydrogens (tertiary/aromatic N) is 1. The van der Waals surface area contributed by atoms with E-state index in [1.165, 1.54) is 4.90 Å².